The van der Waals surface area contributed by atoms with Gasteiger partial charge in [0, 0.05) is 37.4 Å². The van der Waals surface area contributed by atoms with Crippen molar-refractivity contribution >= 4 is 5.91 Å². The second-order valence-corrected chi connectivity index (χ2v) is 6.22. The van der Waals surface area contributed by atoms with Crippen LogP contribution < -0.4 is 0 Å². The van der Waals surface area contributed by atoms with Gasteiger partial charge < -0.3 is 4.90 Å². The molecule has 2 saturated heterocycles. The quantitative estimate of drug-likeness (QED) is 0.847. The zero-order valence-corrected chi connectivity index (χ0v) is 12.8. The molecule has 5 nitrogen and oxygen atoms in total. The molecule has 0 aromatic carbocycles. The fraction of sp³-hybridized carbons (Fsp3) is 0.688. The fourth-order valence-corrected chi connectivity index (χ4v) is 3.29. The Morgan fingerprint density at radius 1 is 1.29 bits per heavy atom. The molecule has 2 fully saturated rings. The molecular weight excluding hydrogens is 264 g/mol. The second kappa shape index (κ2) is 6.52. The number of piperidine rings is 1. The van der Waals surface area contributed by atoms with Crippen LogP contribution in [0.15, 0.2) is 12.3 Å². The molecule has 2 aliphatic rings. The van der Waals surface area contributed by atoms with Gasteiger partial charge in [-0.25, -0.2) is 9.97 Å². The van der Waals surface area contributed by atoms with Crippen LogP contribution in [0.5, 0.6) is 0 Å². The van der Waals surface area contributed by atoms with Crippen LogP contribution in [0.25, 0.3) is 0 Å². The van der Waals surface area contributed by atoms with Gasteiger partial charge in [-0.3, -0.25) is 9.69 Å². The summed E-state index contributed by atoms with van der Waals surface area (Å²) in [6, 6.07) is 1.93. The summed E-state index contributed by atoms with van der Waals surface area (Å²) in [5.74, 6) is 1.60. The van der Waals surface area contributed by atoms with Crippen LogP contribution in [-0.2, 0) is 4.79 Å². The number of amides is 1. The van der Waals surface area contributed by atoms with Crippen LogP contribution in [0.3, 0.4) is 0 Å². The number of rotatable bonds is 3. The Balaban J connectivity index is 1.53. The molecule has 2 aliphatic heterocycles. The summed E-state index contributed by atoms with van der Waals surface area (Å²) in [7, 11) is 0. The lowest BCUT2D eigenvalue weighted by atomic mass is 10.1. The molecule has 1 amide bonds. The lowest BCUT2D eigenvalue weighted by Crippen LogP contribution is -2.42. The highest BCUT2D eigenvalue weighted by Crippen LogP contribution is 2.24. The zero-order chi connectivity index (χ0) is 14.7. The molecule has 3 rings (SSSR count). The van der Waals surface area contributed by atoms with Crippen molar-refractivity contribution in [2.24, 2.45) is 0 Å². The van der Waals surface area contributed by atoms with Crippen LogP contribution in [0.2, 0.25) is 0 Å². The highest BCUT2D eigenvalue weighted by Gasteiger charge is 2.28. The van der Waals surface area contributed by atoms with Gasteiger partial charge in [-0.1, -0.05) is 0 Å². The first kappa shape index (κ1) is 14.4. The first-order valence-electron chi connectivity index (χ1n) is 8.02. The normalized spacial score (nSPS) is 23.5. The van der Waals surface area contributed by atoms with Crippen LogP contribution in [-0.4, -0.2) is 58.4 Å². The number of carbonyl (C=O) groups is 1. The minimum absolute atomic E-state index is 0.292. The van der Waals surface area contributed by atoms with E-state index in [1.165, 1.54) is 6.42 Å². The summed E-state index contributed by atoms with van der Waals surface area (Å²) in [6.45, 7) is 6.32. The van der Waals surface area contributed by atoms with Crippen molar-refractivity contribution in [1.82, 2.24) is 19.8 Å². The van der Waals surface area contributed by atoms with E-state index in [-0.39, 0.29) is 0 Å². The van der Waals surface area contributed by atoms with Gasteiger partial charge in [0.15, 0.2) is 0 Å². The van der Waals surface area contributed by atoms with Gasteiger partial charge in [0.25, 0.3) is 0 Å². The van der Waals surface area contributed by atoms with Crippen LogP contribution in [0.1, 0.15) is 43.1 Å². The van der Waals surface area contributed by atoms with E-state index in [9.17, 15) is 4.79 Å². The van der Waals surface area contributed by atoms with Gasteiger partial charge in [0.2, 0.25) is 5.91 Å². The third-order valence-electron chi connectivity index (χ3n) is 4.52. The maximum Gasteiger partial charge on any atom is 0.236 e. The third kappa shape index (κ3) is 3.59. The molecule has 5 heteroatoms. The number of nitrogens with zero attached hydrogens (tertiary/aromatic N) is 4. The zero-order valence-electron chi connectivity index (χ0n) is 12.8. The molecule has 114 valence electrons. The average Bonchev–Trinajstić information content (AvgIpc) is 2.97. The minimum Gasteiger partial charge on any atom is -0.342 e. The number of hydrogen-bond acceptors (Lipinski definition) is 4. The van der Waals surface area contributed by atoms with Crippen molar-refractivity contribution in [2.75, 3.05) is 32.7 Å². The summed E-state index contributed by atoms with van der Waals surface area (Å²) in [6.07, 6.45) is 6.47. The summed E-state index contributed by atoms with van der Waals surface area (Å²) >= 11 is 0. The Kier molecular flexibility index (Phi) is 4.48. The fourth-order valence-electron chi connectivity index (χ4n) is 3.29. The first-order valence-corrected chi connectivity index (χ1v) is 8.02. The highest BCUT2D eigenvalue weighted by molar-refractivity contribution is 5.78. The molecule has 1 aromatic heterocycles. The van der Waals surface area contributed by atoms with Gasteiger partial charge >= 0.3 is 0 Å². The topological polar surface area (TPSA) is 49.3 Å². The predicted octanol–water partition coefficient (Wildman–Crippen LogP) is 1.59. The average molecular weight is 288 g/mol. The predicted molar refractivity (Wildman–Crippen MR) is 81.0 cm³/mol. The number of carbonyl (C=O) groups excluding carboxylic acids is 1. The first-order chi connectivity index (χ1) is 10.2. The third-order valence-corrected chi connectivity index (χ3v) is 4.52. The van der Waals surface area contributed by atoms with E-state index in [0.717, 1.165) is 57.0 Å². The van der Waals surface area contributed by atoms with E-state index >= 15 is 0 Å². The van der Waals surface area contributed by atoms with E-state index in [4.69, 9.17) is 0 Å². The Bertz CT molecular complexity index is 499. The molecule has 21 heavy (non-hydrogen) atoms. The second-order valence-electron chi connectivity index (χ2n) is 6.22. The van der Waals surface area contributed by atoms with Crippen LogP contribution in [0.4, 0.5) is 0 Å². The van der Waals surface area contributed by atoms with Crippen molar-refractivity contribution in [3.8, 4) is 0 Å². The molecule has 3 heterocycles. The standard InChI is InChI=1S/C16H24N4O/c1-13-5-7-17-16(18-13)14-6-10-19(11-14)12-15(21)20-8-3-2-4-9-20/h5,7,14H,2-4,6,8-12H2,1H3. The Hall–Kier alpha value is -1.49. The maximum absolute atomic E-state index is 12.3. The molecule has 0 saturated carbocycles. The van der Waals surface area contributed by atoms with E-state index in [2.05, 4.69) is 14.9 Å². The lowest BCUT2D eigenvalue weighted by molar-refractivity contribution is -0.133. The van der Waals surface area contributed by atoms with Crippen molar-refractivity contribution in [2.45, 2.75) is 38.5 Å². The Labute approximate surface area is 126 Å². The van der Waals surface area contributed by atoms with E-state index in [1.54, 1.807) is 0 Å². The SMILES string of the molecule is Cc1ccnc(C2CCN(CC(=O)N3CCCCC3)C2)n1. The Morgan fingerprint density at radius 2 is 2.10 bits per heavy atom. The van der Waals surface area contributed by atoms with Gasteiger partial charge in [-0.15, -0.1) is 0 Å². The molecular formula is C16H24N4O. The van der Waals surface area contributed by atoms with E-state index in [1.807, 2.05) is 24.1 Å². The number of aryl methyl sites for hydroxylation is 1. The molecule has 0 radical (unpaired) electrons. The molecule has 0 N–H and O–H groups in total. The summed E-state index contributed by atoms with van der Waals surface area (Å²) in [4.78, 5) is 25.5. The summed E-state index contributed by atoms with van der Waals surface area (Å²) < 4.78 is 0. The number of likely N-dealkylation sites (tertiary alicyclic amines) is 2. The van der Waals surface area contributed by atoms with Crippen molar-refractivity contribution in [3.05, 3.63) is 23.8 Å². The van der Waals surface area contributed by atoms with E-state index < -0.39 is 0 Å². The largest absolute Gasteiger partial charge is 0.342 e. The Morgan fingerprint density at radius 3 is 2.86 bits per heavy atom. The summed E-state index contributed by atoms with van der Waals surface area (Å²) in [5, 5.41) is 0. The minimum atomic E-state index is 0.292. The monoisotopic (exact) mass is 288 g/mol. The van der Waals surface area contributed by atoms with Crippen molar-refractivity contribution in [1.29, 1.82) is 0 Å². The van der Waals surface area contributed by atoms with Crippen molar-refractivity contribution in [3.63, 3.8) is 0 Å². The van der Waals surface area contributed by atoms with E-state index in [0.29, 0.717) is 18.4 Å². The van der Waals surface area contributed by atoms with Crippen LogP contribution >= 0.6 is 0 Å². The smallest absolute Gasteiger partial charge is 0.236 e. The molecule has 0 spiro atoms. The molecule has 1 aromatic rings. The summed E-state index contributed by atoms with van der Waals surface area (Å²) in [5.41, 5.74) is 1.02. The molecule has 0 bridgehead atoms. The maximum atomic E-state index is 12.3. The highest BCUT2D eigenvalue weighted by atomic mass is 16.2. The van der Waals surface area contributed by atoms with Gasteiger partial charge in [-0.2, -0.15) is 0 Å². The number of hydrogen-bond donors (Lipinski definition) is 0. The lowest BCUT2D eigenvalue weighted by Gasteiger charge is -2.28. The van der Waals surface area contributed by atoms with Crippen molar-refractivity contribution < 1.29 is 4.79 Å². The number of aromatic nitrogens is 2. The van der Waals surface area contributed by atoms with Gasteiger partial charge in [0.05, 0.1) is 6.54 Å². The molecule has 1 atom stereocenters. The van der Waals surface area contributed by atoms with Gasteiger partial charge in [-0.05, 0) is 45.2 Å². The molecule has 1 unspecified atom stereocenters. The van der Waals surface area contributed by atoms with Crippen LogP contribution in [0, 0.1) is 6.92 Å². The van der Waals surface area contributed by atoms with Gasteiger partial charge in [0.1, 0.15) is 5.82 Å². The molecule has 0 aliphatic carbocycles.